The quantitative estimate of drug-likeness (QED) is 0.680. The summed E-state index contributed by atoms with van der Waals surface area (Å²) in [5, 5.41) is 2.56. The van der Waals surface area contributed by atoms with Crippen LogP contribution in [0.3, 0.4) is 0 Å². The second-order valence-electron chi connectivity index (χ2n) is 7.49. The average Bonchev–Trinajstić information content (AvgIpc) is 3.15. The molecule has 170 valence electrons. The number of para-hydroxylation sites is 1. The van der Waals surface area contributed by atoms with E-state index in [1.807, 2.05) is 4.90 Å². The van der Waals surface area contributed by atoms with E-state index in [-0.39, 0.29) is 23.9 Å². The number of amides is 1. The first kappa shape index (κ1) is 22.0. The number of piperidine rings is 1. The number of nitrogens with zero attached hydrogens (tertiary/aromatic N) is 2. The van der Waals surface area contributed by atoms with E-state index in [4.69, 9.17) is 4.84 Å². The molecule has 4 rings (SSSR count). The maximum atomic E-state index is 13.7. The molecule has 2 heterocycles. The number of amidine groups is 1. The van der Waals surface area contributed by atoms with E-state index in [0.717, 1.165) is 0 Å². The van der Waals surface area contributed by atoms with Crippen molar-refractivity contribution >= 4 is 17.4 Å². The zero-order chi connectivity index (χ0) is 22.8. The summed E-state index contributed by atoms with van der Waals surface area (Å²) in [7, 11) is 0. The molecular weight excluding hydrogens is 432 g/mol. The maximum absolute atomic E-state index is 13.7. The SMILES string of the molecule is O=C(CN1CCC2(CC1)N=C(c1ccc(OC(F)(F)F)cc1)NO2)Nc1ccccc1F. The third kappa shape index (κ3) is 5.35. The number of hydroxylamine groups is 1. The molecule has 1 amide bonds. The molecule has 2 aliphatic heterocycles. The Balaban J connectivity index is 1.31. The number of anilines is 1. The van der Waals surface area contributed by atoms with Gasteiger partial charge >= 0.3 is 6.36 Å². The van der Waals surface area contributed by atoms with Crippen LogP contribution in [0, 0.1) is 5.82 Å². The molecule has 0 saturated carbocycles. The van der Waals surface area contributed by atoms with Gasteiger partial charge in [-0.05, 0) is 36.4 Å². The number of carbonyl (C=O) groups excluding carboxylic acids is 1. The molecule has 11 heteroatoms. The zero-order valence-corrected chi connectivity index (χ0v) is 16.8. The minimum atomic E-state index is -4.75. The van der Waals surface area contributed by atoms with E-state index in [2.05, 4.69) is 20.5 Å². The summed E-state index contributed by atoms with van der Waals surface area (Å²) in [5.41, 5.74) is 2.63. The molecule has 0 aliphatic carbocycles. The van der Waals surface area contributed by atoms with Crippen LogP contribution in [0.1, 0.15) is 18.4 Å². The largest absolute Gasteiger partial charge is 0.573 e. The third-order valence-corrected chi connectivity index (χ3v) is 5.17. The van der Waals surface area contributed by atoms with E-state index < -0.39 is 17.9 Å². The van der Waals surface area contributed by atoms with Gasteiger partial charge in [-0.2, -0.15) is 0 Å². The van der Waals surface area contributed by atoms with Crippen molar-refractivity contribution in [3.8, 4) is 5.75 Å². The predicted molar refractivity (Wildman–Crippen MR) is 107 cm³/mol. The number of halogens is 4. The van der Waals surface area contributed by atoms with Gasteiger partial charge in [0.2, 0.25) is 5.91 Å². The molecule has 0 atom stereocenters. The Morgan fingerprint density at radius 2 is 1.84 bits per heavy atom. The van der Waals surface area contributed by atoms with Gasteiger partial charge in [0.05, 0.1) is 12.2 Å². The monoisotopic (exact) mass is 452 g/mol. The molecule has 2 N–H and O–H groups in total. The second-order valence-corrected chi connectivity index (χ2v) is 7.49. The van der Waals surface area contributed by atoms with Gasteiger partial charge < -0.3 is 10.1 Å². The zero-order valence-electron chi connectivity index (χ0n) is 16.8. The minimum absolute atomic E-state index is 0.106. The molecule has 2 aromatic carbocycles. The van der Waals surface area contributed by atoms with Crippen LogP contribution in [0.15, 0.2) is 53.5 Å². The third-order valence-electron chi connectivity index (χ3n) is 5.17. The molecule has 0 aromatic heterocycles. The van der Waals surface area contributed by atoms with Gasteiger partial charge in [-0.1, -0.05) is 12.1 Å². The number of hydrogen-bond donors (Lipinski definition) is 2. The standard InChI is InChI=1S/C21H20F4N4O3/c22-16-3-1-2-4-17(16)26-18(30)13-29-11-9-20(10-12-29)27-19(28-32-20)14-5-7-15(8-6-14)31-21(23,24)25/h1-8H,9-13H2,(H,26,30)(H,27,28). The molecule has 0 bridgehead atoms. The van der Waals surface area contributed by atoms with E-state index in [0.29, 0.717) is 37.3 Å². The Bertz CT molecular complexity index is 1000. The van der Waals surface area contributed by atoms with Crippen LogP contribution >= 0.6 is 0 Å². The minimum Gasteiger partial charge on any atom is -0.406 e. The van der Waals surface area contributed by atoms with Crippen molar-refractivity contribution < 1.29 is 31.9 Å². The number of carbonyl (C=O) groups is 1. The van der Waals surface area contributed by atoms with Gasteiger partial charge in [-0.15, -0.1) is 13.2 Å². The van der Waals surface area contributed by atoms with E-state index in [1.54, 1.807) is 12.1 Å². The highest BCUT2D eigenvalue weighted by Crippen LogP contribution is 2.31. The summed E-state index contributed by atoms with van der Waals surface area (Å²) < 4.78 is 54.4. The lowest BCUT2D eigenvalue weighted by Crippen LogP contribution is -2.46. The fourth-order valence-corrected chi connectivity index (χ4v) is 3.56. The van der Waals surface area contributed by atoms with Crippen LogP contribution in [0.5, 0.6) is 5.75 Å². The van der Waals surface area contributed by atoms with Crippen LogP contribution in [-0.4, -0.2) is 48.4 Å². The van der Waals surface area contributed by atoms with E-state index in [9.17, 15) is 22.4 Å². The fraction of sp³-hybridized carbons (Fsp3) is 0.333. The van der Waals surface area contributed by atoms with E-state index >= 15 is 0 Å². The molecule has 1 spiro atoms. The van der Waals surface area contributed by atoms with Gasteiger partial charge in [0.25, 0.3) is 0 Å². The highest BCUT2D eigenvalue weighted by molar-refractivity contribution is 5.99. The van der Waals surface area contributed by atoms with Crippen molar-refractivity contribution in [3.63, 3.8) is 0 Å². The lowest BCUT2D eigenvalue weighted by Gasteiger charge is -2.35. The summed E-state index contributed by atoms with van der Waals surface area (Å²) in [5.74, 6) is -0.725. The molecule has 1 fully saturated rings. The average molecular weight is 452 g/mol. The topological polar surface area (TPSA) is 75.2 Å². The summed E-state index contributed by atoms with van der Waals surface area (Å²) in [4.78, 5) is 24.4. The summed E-state index contributed by atoms with van der Waals surface area (Å²) in [6, 6.07) is 11.3. The summed E-state index contributed by atoms with van der Waals surface area (Å²) in [6.45, 7) is 1.16. The van der Waals surface area contributed by atoms with Crippen molar-refractivity contribution in [1.82, 2.24) is 10.4 Å². The molecule has 0 unspecified atom stereocenters. The second kappa shape index (κ2) is 8.75. The van der Waals surface area contributed by atoms with Crippen molar-refractivity contribution in [1.29, 1.82) is 0 Å². The number of hydrogen-bond acceptors (Lipinski definition) is 6. The Hall–Kier alpha value is -3.18. The Kier molecular flexibility index (Phi) is 6.02. The first-order valence-corrected chi connectivity index (χ1v) is 9.88. The molecule has 1 saturated heterocycles. The molecule has 2 aromatic rings. The van der Waals surface area contributed by atoms with Crippen LogP contribution in [0.25, 0.3) is 0 Å². The van der Waals surface area contributed by atoms with Crippen LogP contribution in [0.2, 0.25) is 0 Å². The van der Waals surface area contributed by atoms with Crippen molar-refractivity contribution in [2.75, 3.05) is 25.0 Å². The van der Waals surface area contributed by atoms with Crippen molar-refractivity contribution in [2.45, 2.75) is 24.9 Å². The maximum Gasteiger partial charge on any atom is 0.573 e. The fourth-order valence-electron chi connectivity index (χ4n) is 3.56. The summed E-state index contributed by atoms with van der Waals surface area (Å²) >= 11 is 0. The van der Waals surface area contributed by atoms with Crippen LogP contribution in [-0.2, 0) is 9.63 Å². The number of nitrogens with one attached hydrogen (secondary N) is 2. The Morgan fingerprint density at radius 3 is 2.50 bits per heavy atom. The lowest BCUT2D eigenvalue weighted by molar-refractivity contribution is -0.274. The van der Waals surface area contributed by atoms with Crippen LogP contribution < -0.4 is 15.5 Å². The number of alkyl halides is 3. The molecule has 7 nitrogen and oxygen atoms in total. The first-order chi connectivity index (χ1) is 15.2. The summed E-state index contributed by atoms with van der Waals surface area (Å²) in [6.07, 6.45) is -3.74. The van der Waals surface area contributed by atoms with Gasteiger partial charge in [0, 0.05) is 31.5 Å². The lowest BCUT2D eigenvalue weighted by atomic mass is 10.0. The number of ether oxygens (including phenoxy) is 1. The molecule has 2 aliphatic rings. The number of likely N-dealkylation sites (tertiary alicyclic amines) is 1. The van der Waals surface area contributed by atoms with Gasteiger partial charge in [-0.25, -0.2) is 19.7 Å². The van der Waals surface area contributed by atoms with Gasteiger partial charge in [0.15, 0.2) is 11.6 Å². The number of aliphatic imine (C=N–C) groups is 1. The first-order valence-electron chi connectivity index (χ1n) is 9.88. The normalized spacial score (nSPS) is 18.2. The highest BCUT2D eigenvalue weighted by Gasteiger charge is 2.40. The van der Waals surface area contributed by atoms with Crippen molar-refractivity contribution in [2.24, 2.45) is 4.99 Å². The molecule has 32 heavy (non-hydrogen) atoms. The number of rotatable bonds is 5. The molecule has 0 radical (unpaired) electrons. The number of benzene rings is 2. The highest BCUT2D eigenvalue weighted by atomic mass is 19.4. The van der Waals surface area contributed by atoms with E-state index in [1.165, 1.54) is 36.4 Å². The van der Waals surface area contributed by atoms with Crippen LogP contribution in [0.4, 0.5) is 23.2 Å². The Labute approximate surface area is 181 Å². The smallest absolute Gasteiger partial charge is 0.406 e. The van der Waals surface area contributed by atoms with Crippen molar-refractivity contribution in [3.05, 3.63) is 59.9 Å². The Morgan fingerprint density at radius 1 is 1.16 bits per heavy atom. The molecular formula is C21H20F4N4O3. The van der Waals surface area contributed by atoms with Gasteiger partial charge in [0.1, 0.15) is 11.6 Å². The van der Waals surface area contributed by atoms with Gasteiger partial charge in [-0.3, -0.25) is 9.69 Å². The predicted octanol–water partition coefficient (Wildman–Crippen LogP) is 3.44.